The summed E-state index contributed by atoms with van der Waals surface area (Å²) < 4.78 is 7.01. The molecule has 0 aromatic carbocycles. The number of methoxy groups -OCH3 is 1. The minimum Gasteiger partial charge on any atom is -0.481 e. The van der Waals surface area contributed by atoms with Gasteiger partial charge in [-0.3, -0.25) is 4.57 Å². The maximum Gasteiger partial charge on any atom is 0.296 e. The van der Waals surface area contributed by atoms with Gasteiger partial charge in [0.2, 0.25) is 5.88 Å². The standard InChI is InChI=1S/C17H19ClN4O2/c1-4-10(5-2)22-15-14(12-7-6-8-13(20-12)24-3)11(18)9-19-16(15)21-17(22)23/h6-10H,4-5H2,1-3H3,(H,19,21,23). The third-order valence-electron chi connectivity index (χ3n) is 4.15. The van der Waals surface area contributed by atoms with E-state index in [0.717, 1.165) is 12.8 Å². The molecule has 0 atom stereocenters. The highest BCUT2D eigenvalue weighted by Gasteiger charge is 2.23. The molecular weight excluding hydrogens is 328 g/mol. The Labute approximate surface area is 145 Å². The summed E-state index contributed by atoms with van der Waals surface area (Å²) in [6, 6.07) is 5.51. The Morgan fingerprint density at radius 2 is 2.00 bits per heavy atom. The molecular formula is C17H19ClN4O2. The fourth-order valence-electron chi connectivity index (χ4n) is 2.94. The Hall–Kier alpha value is -2.34. The van der Waals surface area contributed by atoms with Crippen molar-refractivity contribution < 1.29 is 9.84 Å². The van der Waals surface area contributed by atoms with Gasteiger partial charge < -0.3 is 9.84 Å². The van der Waals surface area contributed by atoms with Gasteiger partial charge in [-0.15, -0.1) is 0 Å². The van der Waals surface area contributed by atoms with Gasteiger partial charge >= 0.3 is 0 Å². The molecule has 0 amide bonds. The predicted molar refractivity (Wildman–Crippen MR) is 93.6 cm³/mol. The van der Waals surface area contributed by atoms with Crippen LogP contribution in [0.2, 0.25) is 5.02 Å². The number of halogens is 1. The van der Waals surface area contributed by atoms with Crippen molar-refractivity contribution in [3.05, 3.63) is 29.4 Å². The molecule has 7 heteroatoms. The van der Waals surface area contributed by atoms with Crippen LogP contribution in [0.5, 0.6) is 11.9 Å². The first kappa shape index (κ1) is 16.5. The molecule has 0 spiro atoms. The fourth-order valence-corrected chi connectivity index (χ4v) is 3.17. The number of ether oxygens (including phenoxy) is 1. The molecule has 0 aliphatic heterocycles. The van der Waals surface area contributed by atoms with Gasteiger partial charge in [0.05, 0.1) is 17.8 Å². The second-order valence-electron chi connectivity index (χ2n) is 5.47. The Morgan fingerprint density at radius 1 is 1.25 bits per heavy atom. The molecule has 3 aromatic rings. The first-order valence-electron chi connectivity index (χ1n) is 7.87. The number of fused-ring (bicyclic) bond motifs is 1. The smallest absolute Gasteiger partial charge is 0.296 e. The van der Waals surface area contributed by atoms with Gasteiger partial charge in [0.15, 0.2) is 5.65 Å². The molecule has 1 N–H and O–H groups in total. The molecule has 0 bridgehead atoms. The summed E-state index contributed by atoms with van der Waals surface area (Å²) >= 11 is 6.44. The number of aromatic nitrogens is 4. The first-order valence-corrected chi connectivity index (χ1v) is 8.25. The Kier molecular flexibility index (Phi) is 4.57. The molecule has 0 aliphatic carbocycles. The van der Waals surface area contributed by atoms with Crippen molar-refractivity contribution in [2.24, 2.45) is 0 Å². The zero-order valence-electron chi connectivity index (χ0n) is 13.8. The van der Waals surface area contributed by atoms with Crippen LogP contribution in [-0.2, 0) is 0 Å². The van der Waals surface area contributed by atoms with E-state index in [1.54, 1.807) is 17.7 Å². The molecule has 0 radical (unpaired) electrons. The molecule has 0 aliphatic rings. The second kappa shape index (κ2) is 6.65. The lowest BCUT2D eigenvalue weighted by atomic mass is 10.1. The van der Waals surface area contributed by atoms with E-state index in [-0.39, 0.29) is 12.1 Å². The number of rotatable bonds is 5. The summed E-state index contributed by atoms with van der Waals surface area (Å²) in [5.41, 5.74) is 2.48. The number of imidazole rings is 1. The minimum atomic E-state index is -0.0578. The maximum absolute atomic E-state index is 10.4. The largest absolute Gasteiger partial charge is 0.481 e. The molecule has 3 heterocycles. The van der Waals surface area contributed by atoms with Crippen molar-refractivity contribution in [1.29, 1.82) is 0 Å². The number of aromatic hydroxyl groups is 1. The van der Waals surface area contributed by atoms with Crippen LogP contribution < -0.4 is 4.74 Å². The summed E-state index contributed by atoms with van der Waals surface area (Å²) in [5.74, 6) is 0.492. The Bertz CT molecular complexity index is 874. The van der Waals surface area contributed by atoms with Crippen LogP contribution in [0.1, 0.15) is 32.7 Å². The van der Waals surface area contributed by atoms with Crippen LogP contribution in [0, 0.1) is 0 Å². The van der Waals surface area contributed by atoms with E-state index in [1.165, 1.54) is 6.20 Å². The van der Waals surface area contributed by atoms with Crippen molar-refractivity contribution in [1.82, 2.24) is 19.5 Å². The number of nitrogens with zero attached hydrogens (tertiary/aromatic N) is 4. The lowest BCUT2D eigenvalue weighted by Gasteiger charge is -2.18. The van der Waals surface area contributed by atoms with Crippen LogP contribution in [0.25, 0.3) is 22.4 Å². The monoisotopic (exact) mass is 346 g/mol. The van der Waals surface area contributed by atoms with E-state index >= 15 is 0 Å². The summed E-state index contributed by atoms with van der Waals surface area (Å²) in [5, 5.41) is 10.8. The van der Waals surface area contributed by atoms with E-state index in [4.69, 9.17) is 16.3 Å². The molecule has 0 unspecified atom stereocenters. The van der Waals surface area contributed by atoms with Crippen molar-refractivity contribution in [2.45, 2.75) is 32.7 Å². The predicted octanol–water partition coefficient (Wildman–Crippen LogP) is 4.22. The van der Waals surface area contributed by atoms with Crippen LogP contribution in [0.4, 0.5) is 0 Å². The highest BCUT2D eigenvalue weighted by Crippen LogP contribution is 2.38. The van der Waals surface area contributed by atoms with E-state index in [2.05, 4.69) is 28.8 Å². The van der Waals surface area contributed by atoms with Crippen LogP contribution in [0.15, 0.2) is 24.4 Å². The van der Waals surface area contributed by atoms with Gasteiger partial charge in [0.25, 0.3) is 6.01 Å². The van der Waals surface area contributed by atoms with E-state index in [9.17, 15) is 5.11 Å². The van der Waals surface area contributed by atoms with Crippen molar-refractivity contribution in [3.63, 3.8) is 0 Å². The first-order chi connectivity index (χ1) is 11.6. The summed E-state index contributed by atoms with van der Waals surface area (Å²) in [6.07, 6.45) is 3.24. The molecule has 0 saturated carbocycles. The van der Waals surface area contributed by atoms with E-state index in [1.807, 2.05) is 12.1 Å². The number of hydrogen-bond donors (Lipinski definition) is 1. The van der Waals surface area contributed by atoms with Gasteiger partial charge in [0, 0.05) is 23.9 Å². The average Bonchev–Trinajstić information content (AvgIpc) is 2.92. The highest BCUT2D eigenvalue weighted by atomic mass is 35.5. The third kappa shape index (κ3) is 2.67. The Balaban J connectivity index is 2.36. The topological polar surface area (TPSA) is 73.1 Å². The molecule has 0 saturated heterocycles. The summed E-state index contributed by atoms with van der Waals surface area (Å²) in [4.78, 5) is 12.9. The maximum atomic E-state index is 10.4. The van der Waals surface area contributed by atoms with Gasteiger partial charge in [0.1, 0.15) is 5.52 Å². The zero-order chi connectivity index (χ0) is 17.3. The number of hydrogen-bond acceptors (Lipinski definition) is 5. The fraction of sp³-hybridized carbons (Fsp3) is 0.353. The molecule has 126 valence electrons. The molecule has 6 nitrogen and oxygen atoms in total. The zero-order valence-corrected chi connectivity index (χ0v) is 14.6. The van der Waals surface area contributed by atoms with Crippen LogP contribution in [0.3, 0.4) is 0 Å². The van der Waals surface area contributed by atoms with Gasteiger partial charge in [-0.05, 0) is 18.9 Å². The summed E-state index contributed by atoms with van der Waals surface area (Å²) in [6.45, 7) is 4.14. The lowest BCUT2D eigenvalue weighted by Crippen LogP contribution is -2.07. The second-order valence-corrected chi connectivity index (χ2v) is 5.88. The highest BCUT2D eigenvalue weighted by molar-refractivity contribution is 6.34. The quantitative estimate of drug-likeness (QED) is 0.748. The summed E-state index contributed by atoms with van der Waals surface area (Å²) in [7, 11) is 1.57. The average molecular weight is 347 g/mol. The SMILES string of the molecule is CCC(CC)n1c(O)nc2ncc(Cl)c(-c3cccc(OC)n3)c21. The van der Waals surface area contributed by atoms with Crippen LogP contribution >= 0.6 is 11.6 Å². The van der Waals surface area contributed by atoms with E-state index < -0.39 is 0 Å². The van der Waals surface area contributed by atoms with Gasteiger partial charge in [-0.2, -0.15) is 4.98 Å². The minimum absolute atomic E-state index is 0.0578. The molecule has 3 rings (SSSR count). The molecule has 24 heavy (non-hydrogen) atoms. The lowest BCUT2D eigenvalue weighted by molar-refractivity contribution is 0.362. The number of pyridine rings is 2. The van der Waals surface area contributed by atoms with Gasteiger partial charge in [-0.25, -0.2) is 9.97 Å². The van der Waals surface area contributed by atoms with Crippen LogP contribution in [-0.4, -0.2) is 31.7 Å². The van der Waals surface area contributed by atoms with Gasteiger partial charge in [-0.1, -0.05) is 31.5 Å². The third-order valence-corrected chi connectivity index (χ3v) is 4.43. The van der Waals surface area contributed by atoms with Crippen molar-refractivity contribution in [3.8, 4) is 23.1 Å². The molecule has 0 fully saturated rings. The molecule has 3 aromatic heterocycles. The van der Waals surface area contributed by atoms with E-state index in [0.29, 0.717) is 33.3 Å². The van der Waals surface area contributed by atoms with Crippen molar-refractivity contribution in [2.75, 3.05) is 7.11 Å². The normalized spacial score (nSPS) is 11.4. The Morgan fingerprint density at radius 3 is 2.67 bits per heavy atom. The van der Waals surface area contributed by atoms with Crippen molar-refractivity contribution >= 4 is 22.8 Å².